The average Bonchev–Trinajstić information content (AvgIpc) is 3.39. The second-order valence-corrected chi connectivity index (χ2v) is 10.7. The summed E-state index contributed by atoms with van der Waals surface area (Å²) in [6.07, 6.45) is 6.69. The molecule has 0 radical (unpaired) electrons. The Morgan fingerprint density at radius 3 is 2.59 bits per heavy atom. The first-order chi connectivity index (χ1) is 21.2. The van der Waals surface area contributed by atoms with Crippen LogP contribution in [0.5, 0.6) is 0 Å². The first-order valence-electron chi connectivity index (χ1n) is 14.6. The highest BCUT2D eigenvalue weighted by Crippen LogP contribution is 2.48. The van der Waals surface area contributed by atoms with Gasteiger partial charge in [-0.05, 0) is 50.7 Å². The number of nitrogens with one attached hydrogen (secondary N) is 2. The van der Waals surface area contributed by atoms with Gasteiger partial charge in [-0.15, -0.1) is 0 Å². The number of anilines is 4. The van der Waals surface area contributed by atoms with Gasteiger partial charge in [0.1, 0.15) is 11.3 Å². The number of aromatic amines is 1. The van der Waals surface area contributed by atoms with Crippen LogP contribution >= 0.6 is 0 Å². The number of fused-ring (bicyclic) bond motifs is 3. The molecule has 2 amide bonds. The van der Waals surface area contributed by atoms with E-state index in [0.29, 0.717) is 83.6 Å². The molecular weight excluding hydrogens is 570 g/mol. The molecule has 0 unspecified atom stereocenters. The molecule has 4 N–H and O–H groups in total. The third-order valence-corrected chi connectivity index (χ3v) is 7.93. The summed E-state index contributed by atoms with van der Waals surface area (Å²) in [5.41, 5.74) is 9.28. The van der Waals surface area contributed by atoms with Crippen LogP contribution in [-0.2, 0) is 23.2 Å². The van der Waals surface area contributed by atoms with E-state index in [1.54, 1.807) is 41.4 Å². The van der Waals surface area contributed by atoms with Gasteiger partial charge in [-0.2, -0.15) is 0 Å². The summed E-state index contributed by atoms with van der Waals surface area (Å²) < 4.78 is 30.5. The van der Waals surface area contributed by atoms with Crippen LogP contribution in [0.4, 0.5) is 31.7 Å². The predicted octanol–water partition coefficient (Wildman–Crippen LogP) is 3.52. The number of pyridine rings is 2. The molecule has 13 heteroatoms. The summed E-state index contributed by atoms with van der Waals surface area (Å²) in [4.78, 5) is 50.3. The molecule has 2 aliphatic heterocycles. The summed E-state index contributed by atoms with van der Waals surface area (Å²) in [6, 6.07) is 4.30. The molecular formula is C31H36F2N8O3. The number of H-pyrrole nitrogens is 1. The number of carbonyl (C=O) groups excluding carboxylic acids is 2. The standard InChI is InChI=1S/C28H27F2N7O3.C3H9N/c1-34-14-19-18-9-22-23(36(7-6-35(22)15-38)24(39)4-2-3-5-31)10-21(18)37(27-20(30)8-17(29)12-33-27)13-16-11-32-26(25(16)19)28(34)40;1-3-4-2/h8-12,14-15,32H,2-7,13,31H2,1H3;4H,3H2,1-2H3. The minimum absolute atomic E-state index is 0.109. The number of aryl methyl sites for hydroxylation is 1. The first-order valence-corrected chi connectivity index (χ1v) is 14.6. The van der Waals surface area contributed by atoms with E-state index in [1.165, 1.54) is 9.47 Å². The van der Waals surface area contributed by atoms with Crippen molar-refractivity contribution in [1.82, 2.24) is 19.9 Å². The van der Waals surface area contributed by atoms with Crippen LogP contribution in [0.25, 0.3) is 22.0 Å². The number of halogens is 2. The van der Waals surface area contributed by atoms with Crippen molar-refractivity contribution in [3.63, 3.8) is 0 Å². The first kappa shape index (κ1) is 30.8. The van der Waals surface area contributed by atoms with Crippen LogP contribution < -0.4 is 31.3 Å². The summed E-state index contributed by atoms with van der Waals surface area (Å²) in [5, 5.41) is 3.59. The van der Waals surface area contributed by atoms with Crippen LogP contribution in [-0.4, -0.2) is 60.1 Å². The number of benzene rings is 1. The van der Waals surface area contributed by atoms with Gasteiger partial charge in [-0.3, -0.25) is 14.4 Å². The SMILES string of the molecule is CCNC.Cn1cc2c3c(c[nH]c3c1=O)CN(c1ncc(F)cc1F)c1cc3c(cc1-2)N(C=O)CCN3C(=O)CCCCN. The quantitative estimate of drug-likeness (QED) is 0.217. The second-order valence-electron chi connectivity index (χ2n) is 10.7. The lowest BCUT2D eigenvalue weighted by Crippen LogP contribution is -2.43. The molecule has 232 valence electrons. The lowest BCUT2D eigenvalue weighted by atomic mass is 9.98. The van der Waals surface area contributed by atoms with Crippen LogP contribution in [0.3, 0.4) is 0 Å². The third-order valence-electron chi connectivity index (χ3n) is 7.93. The largest absolute Gasteiger partial charge is 0.356 e. The maximum atomic E-state index is 15.2. The number of amides is 2. The summed E-state index contributed by atoms with van der Waals surface area (Å²) >= 11 is 0. The van der Waals surface area contributed by atoms with Gasteiger partial charge in [-0.25, -0.2) is 13.8 Å². The number of carbonyl (C=O) groups is 2. The Bertz CT molecular complexity index is 1770. The van der Waals surface area contributed by atoms with Gasteiger partial charge in [-0.1, -0.05) is 6.92 Å². The van der Waals surface area contributed by atoms with Crippen molar-refractivity contribution in [2.75, 3.05) is 47.9 Å². The molecule has 4 aromatic rings. The van der Waals surface area contributed by atoms with Crippen molar-refractivity contribution < 1.29 is 18.4 Å². The zero-order valence-corrected chi connectivity index (χ0v) is 25.0. The fraction of sp³-hybridized carbons (Fsp3) is 0.355. The average molecular weight is 607 g/mol. The molecule has 0 bridgehead atoms. The van der Waals surface area contributed by atoms with Crippen molar-refractivity contribution in [2.24, 2.45) is 12.8 Å². The van der Waals surface area contributed by atoms with E-state index in [4.69, 9.17) is 5.73 Å². The van der Waals surface area contributed by atoms with Crippen LogP contribution in [0, 0.1) is 11.6 Å². The van der Waals surface area contributed by atoms with Gasteiger partial charge < -0.3 is 35.3 Å². The zero-order chi connectivity index (χ0) is 31.5. The number of aromatic nitrogens is 3. The van der Waals surface area contributed by atoms with Gasteiger partial charge >= 0.3 is 0 Å². The maximum Gasteiger partial charge on any atom is 0.274 e. The molecule has 0 spiro atoms. The van der Waals surface area contributed by atoms with Gasteiger partial charge in [0, 0.05) is 61.5 Å². The molecule has 0 atom stereocenters. The Balaban J connectivity index is 0.000000906. The Morgan fingerprint density at radius 1 is 1.14 bits per heavy atom. The van der Waals surface area contributed by atoms with Gasteiger partial charge in [0.05, 0.1) is 29.8 Å². The van der Waals surface area contributed by atoms with Crippen molar-refractivity contribution >= 4 is 46.1 Å². The molecule has 2 aliphatic rings. The molecule has 0 saturated heterocycles. The lowest BCUT2D eigenvalue weighted by Gasteiger charge is -2.37. The molecule has 6 rings (SSSR count). The highest BCUT2D eigenvalue weighted by atomic mass is 19.1. The molecule has 0 aliphatic carbocycles. The van der Waals surface area contributed by atoms with Crippen LogP contribution in [0.15, 0.2) is 41.6 Å². The minimum atomic E-state index is -0.860. The van der Waals surface area contributed by atoms with E-state index in [1.807, 2.05) is 7.05 Å². The van der Waals surface area contributed by atoms with E-state index < -0.39 is 11.6 Å². The molecule has 0 fully saturated rings. The van der Waals surface area contributed by atoms with Crippen LogP contribution in [0.2, 0.25) is 0 Å². The van der Waals surface area contributed by atoms with E-state index in [0.717, 1.165) is 25.2 Å². The molecule has 44 heavy (non-hydrogen) atoms. The Labute approximate surface area is 253 Å². The Hall–Kier alpha value is -4.62. The van der Waals surface area contributed by atoms with Crippen molar-refractivity contribution in [2.45, 2.75) is 32.7 Å². The van der Waals surface area contributed by atoms with Crippen molar-refractivity contribution in [1.29, 1.82) is 0 Å². The summed E-state index contributed by atoms with van der Waals surface area (Å²) in [7, 11) is 3.57. The summed E-state index contributed by atoms with van der Waals surface area (Å²) in [5.74, 6) is -1.89. The number of rotatable bonds is 7. The smallest absolute Gasteiger partial charge is 0.274 e. The second kappa shape index (κ2) is 12.9. The monoisotopic (exact) mass is 606 g/mol. The molecule has 0 saturated carbocycles. The highest BCUT2D eigenvalue weighted by Gasteiger charge is 2.33. The topological polar surface area (TPSA) is 133 Å². The number of nitrogens with two attached hydrogens (primary N) is 1. The normalized spacial score (nSPS) is 13.6. The van der Waals surface area contributed by atoms with E-state index in [2.05, 4.69) is 22.2 Å². The van der Waals surface area contributed by atoms with Crippen LogP contribution in [0.1, 0.15) is 31.7 Å². The molecule has 1 aromatic carbocycles. The fourth-order valence-corrected chi connectivity index (χ4v) is 5.64. The number of hydrogen-bond donors (Lipinski definition) is 3. The van der Waals surface area contributed by atoms with Gasteiger partial charge in [0.2, 0.25) is 12.3 Å². The number of nitrogens with zero attached hydrogens (tertiary/aromatic N) is 5. The fourth-order valence-electron chi connectivity index (χ4n) is 5.64. The molecule has 3 aromatic heterocycles. The lowest BCUT2D eigenvalue weighted by molar-refractivity contribution is -0.119. The minimum Gasteiger partial charge on any atom is -0.356 e. The Morgan fingerprint density at radius 2 is 1.91 bits per heavy atom. The summed E-state index contributed by atoms with van der Waals surface area (Å²) in [6.45, 7) is 4.33. The zero-order valence-electron chi connectivity index (χ0n) is 25.0. The van der Waals surface area contributed by atoms with E-state index >= 15 is 4.39 Å². The molecule has 11 nitrogen and oxygen atoms in total. The predicted molar refractivity (Wildman–Crippen MR) is 167 cm³/mol. The van der Waals surface area contributed by atoms with Crippen molar-refractivity contribution in [3.8, 4) is 11.1 Å². The highest BCUT2D eigenvalue weighted by molar-refractivity contribution is 6.08. The van der Waals surface area contributed by atoms with Gasteiger partial charge in [0.15, 0.2) is 11.6 Å². The number of unbranched alkanes of at least 4 members (excludes halogenated alkanes) is 1. The maximum absolute atomic E-state index is 15.2. The number of hydrogen-bond acceptors (Lipinski definition) is 7. The molecule has 5 heterocycles. The van der Waals surface area contributed by atoms with E-state index in [-0.39, 0.29) is 23.8 Å². The van der Waals surface area contributed by atoms with Crippen molar-refractivity contribution in [3.05, 3.63) is 64.3 Å². The van der Waals surface area contributed by atoms with E-state index in [9.17, 15) is 18.8 Å². The van der Waals surface area contributed by atoms with Gasteiger partial charge in [0.25, 0.3) is 5.56 Å². The Kier molecular flexibility index (Phi) is 9.06. The third kappa shape index (κ3) is 5.55.